The van der Waals surface area contributed by atoms with Crippen molar-refractivity contribution in [3.8, 4) is 0 Å². The second-order valence-corrected chi connectivity index (χ2v) is 6.13. The number of hydrogen-bond donors (Lipinski definition) is 3. The van der Waals surface area contributed by atoms with Crippen LogP contribution < -0.4 is 10.6 Å². The van der Waals surface area contributed by atoms with Crippen molar-refractivity contribution >= 4 is 6.03 Å². The summed E-state index contributed by atoms with van der Waals surface area (Å²) in [5.74, 6) is 0. The van der Waals surface area contributed by atoms with Crippen LogP contribution in [-0.4, -0.2) is 24.3 Å². The standard InChI is InChI=1S/C16H22N2O2/c19-11-16(8-9-16)10-17-15(20)18-14-7-3-5-12-4-1-2-6-13(12)14/h1-2,4,6,14,19H,3,5,7-11H2,(H2,17,18,20). The minimum Gasteiger partial charge on any atom is -0.396 e. The number of nitrogens with one attached hydrogen (secondary N) is 2. The number of urea groups is 1. The van der Waals surface area contributed by atoms with Gasteiger partial charge in [0.25, 0.3) is 0 Å². The summed E-state index contributed by atoms with van der Waals surface area (Å²) in [6.07, 6.45) is 5.23. The number of aliphatic hydroxyl groups excluding tert-OH is 1. The number of carbonyl (C=O) groups is 1. The molecule has 3 N–H and O–H groups in total. The normalized spacial score (nSPS) is 22.8. The van der Waals surface area contributed by atoms with Crippen molar-refractivity contribution < 1.29 is 9.90 Å². The van der Waals surface area contributed by atoms with Gasteiger partial charge in [-0.2, -0.15) is 0 Å². The van der Waals surface area contributed by atoms with E-state index < -0.39 is 0 Å². The number of carbonyl (C=O) groups excluding carboxylic acids is 1. The molecule has 0 bridgehead atoms. The maximum Gasteiger partial charge on any atom is 0.315 e. The fraction of sp³-hybridized carbons (Fsp3) is 0.562. The molecule has 0 saturated heterocycles. The molecule has 0 radical (unpaired) electrons. The van der Waals surface area contributed by atoms with E-state index in [1.54, 1.807) is 0 Å². The van der Waals surface area contributed by atoms with Crippen LogP contribution in [0.5, 0.6) is 0 Å². The van der Waals surface area contributed by atoms with Gasteiger partial charge in [-0.1, -0.05) is 24.3 Å². The van der Waals surface area contributed by atoms with Crippen LogP contribution >= 0.6 is 0 Å². The molecule has 0 aliphatic heterocycles. The number of amides is 2. The summed E-state index contributed by atoms with van der Waals surface area (Å²) in [6, 6.07) is 8.33. The molecule has 2 amide bonds. The Bertz CT molecular complexity index is 497. The smallest absolute Gasteiger partial charge is 0.315 e. The van der Waals surface area contributed by atoms with Crippen molar-refractivity contribution in [2.24, 2.45) is 5.41 Å². The number of aliphatic hydroxyl groups is 1. The van der Waals surface area contributed by atoms with E-state index in [-0.39, 0.29) is 24.1 Å². The summed E-state index contributed by atoms with van der Waals surface area (Å²) in [4.78, 5) is 12.0. The van der Waals surface area contributed by atoms with Crippen LogP contribution in [0.25, 0.3) is 0 Å². The molecule has 1 aromatic rings. The molecule has 1 saturated carbocycles. The first kappa shape index (κ1) is 13.4. The van der Waals surface area contributed by atoms with Gasteiger partial charge in [-0.25, -0.2) is 4.79 Å². The van der Waals surface area contributed by atoms with Gasteiger partial charge >= 0.3 is 6.03 Å². The highest BCUT2D eigenvalue weighted by Crippen LogP contribution is 2.44. The molecular weight excluding hydrogens is 252 g/mol. The van der Waals surface area contributed by atoms with Crippen LogP contribution in [0.4, 0.5) is 4.79 Å². The van der Waals surface area contributed by atoms with Gasteiger partial charge in [-0.15, -0.1) is 0 Å². The highest BCUT2D eigenvalue weighted by Gasteiger charge is 2.42. The molecule has 3 rings (SSSR count). The lowest BCUT2D eigenvalue weighted by Gasteiger charge is -2.26. The summed E-state index contributed by atoms with van der Waals surface area (Å²) >= 11 is 0. The molecule has 108 valence electrons. The Morgan fingerprint density at radius 3 is 2.90 bits per heavy atom. The molecular formula is C16H22N2O2. The first-order valence-corrected chi connectivity index (χ1v) is 7.45. The van der Waals surface area contributed by atoms with E-state index in [1.165, 1.54) is 11.1 Å². The molecule has 1 unspecified atom stereocenters. The average Bonchev–Trinajstić information content (AvgIpc) is 3.26. The van der Waals surface area contributed by atoms with Crippen molar-refractivity contribution in [1.82, 2.24) is 10.6 Å². The summed E-state index contributed by atoms with van der Waals surface area (Å²) in [5, 5.41) is 15.2. The maximum absolute atomic E-state index is 12.0. The van der Waals surface area contributed by atoms with Gasteiger partial charge in [-0.05, 0) is 43.2 Å². The van der Waals surface area contributed by atoms with E-state index in [2.05, 4.69) is 28.8 Å². The Morgan fingerprint density at radius 1 is 1.35 bits per heavy atom. The van der Waals surface area contributed by atoms with E-state index in [4.69, 9.17) is 0 Å². The Kier molecular flexibility index (Phi) is 3.66. The van der Waals surface area contributed by atoms with E-state index in [0.29, 0.717) is 6.54 Å². The molecule has 0 heterocycles. The van der Waals surface area contributed by atoms with Crippen molar-refractivity contribution in [2.75, 3.05) is 13.2 Å². The van der Waals surface area contributed by atoms with Crippen LogP contribution in [0.15, 0.2) is 24.3 Å². The van der Waals surface area contributed by atoms with E-state index >= 15 is 0 Å². The lowest BCUT2D eigenvalue weighted by molar-refractivity contribution is 0.201. The zero-order valence-electron chi connectivity index (χ0n) is 11.7. The lowest BCUT2D eigenvalue weighted by Crippen LogP contribution is -2.42. The van der Waals surface area contributed by atoms with Gasteiger partial charge in [0.2, 0.25) is 0 Å². The maximum atomic E-state index is 12.0. The van der Waals surface area contributed by atoms with Crippen LogP contribution in [-0.2, 0) is 6.42 Å². The highest BCUT2D eigenvalue weighted by atomic mass is 16.3. The van der Waals surface area contributed by atoms with Gasteiger partial charge < -0.3 is 15.7 Å². The van der Waals surface area contributed by atoms with Crippen LogP contribution in [0.3, 0.4) is 0 Å². The number of rotatable bonds is 4. The van der Waals surface area contributed by atoms with Crippen LogP contribution in [0.2, 0.25) is 0 Å². The Balaban J connectivity index is 1.57. The summed E-state index contributed by atoms with van der Waals surface area (Å²) in [5.41, 5.74) is 2.55. The summed E-state index contributed by atoms with van der Waals surface area (Å²) in [7, 11) is 0. The topological polar surface area (TPSA) is 61.4 Å². The minimum atomic E-state index is -0.119. The molecule has 0 aromatic heterocycles. The third-order valence-electron chi connectivity index (χ3n) is 4.59. The number of fused-ring (bicyclic) bond motifs is 1. The average molecular weight is 274 g/mol. The molecule has 0 spiro atoms. The van der Waals surface area contributed by atoms with E-state index in [1.807, 2.05) is 6.07 Å². The van der Waals surface area contributed by atoms with Crippen LogP contribution in [0.1, 0.15) is 42.9 Å². The van der Waals surface area contributed by atoms with Crippen molar-refractivity contribution in [3.05, 3.63) is 35.4 Å². The molecule has 1 atom stereocenters. The van der Waals surface area contributed by atoms with E-state index in [0.717, 1.165) is 32.1 Å². The number of aryl methyl sites for hydroxylation is 1. The predicted molar refractivity (Wildman–Crippen MR) is 77.4 cm³/mol. The molecule has 2 aliphatic rings. The minimum absolute atomic E-state index is 0.0399. The number of benzene rings is 1. The summed E-state index contributed by atoms with van der Waals surface area (Å²) < 4.78 is 0. The third-order valence-corrected chi connectivity index (χ3v) is 4.59. The Hall–Kier alpha value is -1.55. The highest BCUT2D eigenvalue weighted by molar-refractivity contribution is 5.74. The number of hydrogen-bond acceptors (Lipinski definition) is 2. The quantitative estimate of drug-likeness (QED) is 0.787. The van der Waals surface area contributed by atoms with Crippen LogP contribution in [0, 0.1) is 5.41 Å². The zero-order valence-corrected chi connectivity index (χ0v) is 11.7. The molecule has 20 heavy (non-hydrogen) atoms. The van der Waals surface area contributed by atoms with Gasteiger partial charge in [-0.3, -0.25) is 0 Å². The van der Waals surface area contributed by atoms with Crippen molar-refractivity contribution in [1.29, 1.82) is 0 Å². The predicted octanol–water partition coefficient (Wildman–Crippen LogP) is 2.14. The SMILES string of the molecule is O=C(NCC1(CO)CC1)NC1CCCc2ccccc21. The van der Waals surface area contributed by atoms with E-state index in [9.17, 15) is 9.90 Å². The zero-order chi connectivity index (χ0) is 14.0. The van der Waals surface area contributed by atoms with Crippen molar-refractivity contribution in [3.63, 3.8) is 0 Å². The van der Waals surface area contributed by atoms with Gasteiger partial charge in [0.1, 0.15) is 0 Å². The molecule has 4 nitrogen and oxygen atoms in total. The van der Waals surface area contributed by atoms with Gasteiger partial charge in [0, 0.05) is 12.0 Å². The second-order valence-electron chi connectivity index (χ2n) is 6.13. The molecule has 4 heteroatoms. The molecule has 1 aromatic carbocycles. The third kappa shape index (κ3) is 2.80. The fourth-order valence-corrected chi connectivity index (χ4v) is 2.95. The first-order valence-electron chi connectivity index (χ1n) is 7.45. The van der Waals surface area contributed by atoms with Gasteiger partial charge in [0.05, 0.1) is 12.6 Å². The van der Waals surface area contributed by atoms with Crippen molar-refractivity contribution in [2.45, 2.75) is 38.1 Å². The fourth-order valence-electron chi connectivity index (χ4n) is 2.95. The summed E-state index contributed by atoms with van der Waals surface area (Å²) in [6.45, 7) is 0.739. The monoisotopic (exact) mass is 274 g/mol. The Labute approximate surface area is 119 Å². The first-order chi connectivity index (χ1) is 9.72. The Morgan fingerprint density at radius 2 is 2.15 bits per heavy atom. The second kappa shape index (κ2) is 5.44. The van der Waals surface area contributed by atoms with Gasteiger partial charge in [0.15, 0.2) is 0 Å². The lowest BCUT2D eigenvalue weighted by atomic mass is 9.88. The molecule has 1 fully saturated rings. The largest absolute Gasteiger partial charge is 0.396 e. The molecule has 2 aliphatic carbocycles.